The summed E-state index contributed by atoms with van der Waals surface area (Å²) in [4.78, 5) is 14.8. The summed E-state index contributed by atoms with van der Waals surface area (Å²) < 4.78 is 0. The maximum Gasteiger partial charge on any atom is 0.225 e. The molecular weight excluding hydrogens is 260 g/mol. The largest absolute Gasteiger partial charge is 0.341 e. The summed E-state index contributed by atoms with van der Waals surface area (Å²) in [6.07, 6.45) is 9.11. The van der Waals surface area contributed by atoms with Crippen LogP contribution in [0.15, 0.2) is 0 Å². The molecule has 2 fully saturated rings. The first-order valence-corrected chi connectivity index (χ1v) is 8.83. The molecule has 0 spiro atoms. The first-order chi connectivity index (χ1) is 9.80. The summed E-state index contributed by atoms with van der Waals surface area (Å²) in [6, 6.07) is 0.449. The predicted molar refractivity (Wildman–Crippen MR) is 87.9 cm³/mol. The van der Waals surface area contributed by atoms with Gasteiger partial charge in [-0.15, -0.1) is 0 Å². The molecule has 21 heavy (non-hydrogen) atoms. The van der Waals surface area contributed by atoms with Crippen LogP contribution < -0.4 is 5.73 Å². The smallest absolute Gasteiger partial charge is 0.225 e. The van der Waals surface area contributed by atoms with Crippen molar-refractivity contribution >= 4 is 5.91 Å². The zero-order chi connectivity index (χ0) is 15.6. The van der Waals surface area contributed by atoms with Gasteiger partial charge in [0, 0.05) is 25.0 Å². The van der Waals surface area contributed by atoms with Crippen molar-refractivity contribution in [2.45, 2.75) is 84.2 Å². The standard InChI is InChI=1S/C18H34N2O/c1-18(2,3)14-11-9-13(10-12-14)17(21)20(4)16-8-6-5-7-15(16)19/h13-16H,5-12,19H2,1-4H3. The Hall–Kier alpha value is -0.570. The van der Waals surface area contributed by atoms with Crippen molar-refractivity contribution in [1.82, 2.24) is 4.90 Å². The fraction of sp³-hybridized carbons (Fsp3) is 0.944. The molecule has 0 aromatic heterocycles. The molecule has 3 heteroatoms. The van der Waals surface area contributed by atoms with E-state index in [9.17, 15) is 4.79 Å². The summed E-state index contributed by atoms with van der Waals surface area (Å²) >= 11 is 0. The predicted octanol–water partition coefficient (Wildman–Crippen LogP) is 3.57. The Bertz CT molecular complexity index is 353. The van der Waals surface area contributed by atoms with Crippen LogP contribution in [0.5, 0.6) is 0 Å². The molecule has 0 aliphatic heterocycles. The highest BCUT2D eigenvalue weighted by atomic mass is 16.2. The summed E-state index contributed by atoms with van der Waals surface area (Å²) in [5, 5.41) is 0. The molecule has 0 bridgehead atoms. The van der Waals surface area contributed by atoms with Gasteiger partial charge in [0.05, 0.1) is 0 Å². The van der Waals surface area contributed by atoms with Crippen LogP contribution in [-0.4, -0.2) is 29.9 Å². The number of carbonyl (C=O) groups is 1. The third-order valence-electron chi connectivity index (χ3n) is 5.93. The number of rotatable bonds is 2. The van der Waals surface area contributed by atoms with Crippen LogP contribution in [-0.2, 0) is 4.79 Å². The van der Waals surface area contributed by atoms with Gasteiger partial charge in [0.15, 0.2) is 0 Å². The van der Waals surface area contributed by atoms with Crippen molar-refractivity contribution < 1.29 is 4.79 Å². The highest BCUT2D eigenvalue weighted by Gasteiger charge is 2.36. The van der Waals surface area contributed by atoms with E-state index < -0.39 is 0 Å². The van der Waals surface area contributed by atoms with E-state index in [4.69, 9.17) is 5.73 Å². The van der Waals surface area contributed by atoms with Gasteiger partial charge in [-0.1, -0.05) is 33.6 Å². The minimum absolute atomic E-state index is 0.179. The van der Waals surface area contributed by atoms with Gasteiger partial charge in [-0.25, -0.2) is 0 Å². The molecule has 2 atom stereocenters. The highest BCUT2D eigenvalue weighted by molar-refractivity contribution is 5.79. The first-order valence-electron chi connectivity index (χ1n) is 8.83. The fourth-order valence-electron chi connectivity index (χ4n) is 4.28. The van der Waals surface area contributed by atoms with Crippen LogP contribution in [0.25, 0.3) is 0 Å². The molecule has 3 nitrogen and oxygen atoms in total. The maximum absolute atomic E-state index is 12.8. The lowest BCUT2D eigenvalue weighted by Crippen LogP contribution is -2.52. The Morgan fingerprint density at radius 3 is 2.10 bits per heavy atom. The van der Waals surface area contributed by atoms with Crippen molar-refractivity contribution in [2.24, 2.45) is 23.0 Å². The van der Waals surface area contributed by atoms with E-state index in [0.29, 0.717) is 11.3 Å². The molecular formula is C18H34N2O. The molecule has 0 radical (unpaired) electrons. The lowest BCUT2D eigenvalue weighted by atomic mass is 9.69. The van der Waals surface area contributed by atoms with Gasteiger partial charge in [0.1, 0.15) is 0 Å². The van der Waals surface area contributed by atoms with Crippen LogP contribution in [0, 0.1) is 17.3 Å². The second-order valence-electron chi connectivity index (χ2n) is 8.38. The van der Waals surface area contributed by atoms with Crippen molar-refractivity contribution in [3.8, 4) is 0 Å². The van der Waals surface area contributed by atoms with E-state index in [1.165, 1.54) is 25.7 Å². The molecule has 0 aromatic rings. The number of nitrogens with zero attached hydrogens (tertiary/aromatic N) is 1. The van der Waals surface area contributed by atoms with E-state index in [2.05, 4.69) is 20.8 Å². The van der Waals surface area contributed by atoms with Gasteiger partial charge in [-0.2, -0.15) is 0 Å². The average Bonchev–Trinajstić information content (AvgIpc) is 2.45. The van der Waals surface area contributed by atoms with Crippen molar-refractivity contribution in [2.75, 3.05) is 7.05 Å². The number of carbonyl (C=O) groups excluding carboxylic acids is 1. The van der Waals surface area contributed by atoms with Crippen molar-refractivity contribution in [3.63, 3.8) is 0 Å². The van der Waals surface area contributed by atoms with Crippen LogP contribution in [0.4, 0.5) is 0 Å². The number of likely N-dealkylation sites (N-methyl/N-ethyl adjacent to an activating group) is 1. The molecule has 2 saturated carbocycles. The molecule has 1 amide bonds. The first kappa shape index (κ1) is 16.8. The molecule has 122 valence electrons. The molecule has 0 heterocycles. The Labute approximate surface area is 130 Å². The lowest BCUT2D eigenvalue weighted by Gasteiger charge is -2.40. The number of amides is 1. The average molecular weight is 294 g/mol. The minimum Gasteiger partial charge on any atom is -0.341 e. The van der Waals surface area contributed by atoms with Crippen LogP contribution in [0.2, 0.25) is 0 Å². The monoisotopic (exact) mass is 294 g/mol. The van der Waals surface area contributed by atoms with Gasteiger partial charge in [0.25, 0.3) is 0 Å². The molecule has 2 N–H and O–H groups in total. The summed E-state index contributed by atoms with van der Waals surface area (Å²) in [6.45, 7) is 6.98. The van der Waals surface area contributed by atoms with Crippen LogP contribution in [0.1, 0.15) is 72.1 Å². The third-order valence-corrected chi connectivity index (χ3v) is 5.93. The highest BCUT2D eigenvalue weighted by Crippen LogP contribution is 2.40. The Morgan fingerprint density at radius 2 is 1.57 bits per heavy atom. The second kappa shape index (κ2) is 6.68. The quantitative estimate of drug-likeness (QED) is 0.846. The lowest BCUT2D eigenvalue weighted by molar-refractivity contribution is -0.139. The van der Waals surface area contributed by atoms with Crippen LogP contribution in [0.3, 0.4) is 0 Å². The van der Waals surface area contributed by atoms with E-state index in [0.717, 1.165) is 31.6 Å². The minimum atomic E-state index is 0.179. The molecule has 2 aliphatic carbocycles. The van der Waals surface area contributed by atoms with E-state index in [1.807, 2.05) is 11.9 Å². The maximum atomic E-state index is 12.8. The Balaban J connectivity index is 1.89. The fourth-order valence-corrected chi connectivity index (χ4v) is 4.28. The second-order valence-corrected chi connectivity index (χ2v) is 8.38. The van der Waals surface area contributed by atoms with Gasteiger partial charge < -0.3 is 10.6 Å². The number of hydrogen-bond donors (Lipinski definition) is 1. The summed E-state index contributed by atoms with van der Waals surface area (Å²) in [7, 11) is 1.98. The summed E-state index contributed by atoms with van der Waals surface area (Å²) in [5.41, 5.74) is 6.61. The van der Waals surface area contributed by atoms with Gasteiger partial charge in [0.2, 0.25) is 5.91 Å². The Kier molecular flexibility index (Phi) is 5.34. The normalized spacial score (nSPS) is 34.5. The molecule has 2 aliphatic rings. The van der Waals surface area contributed by atoms with Gasteiger partial charge in [-0.05, 0) is 49.9 Å². The van der Waals surface area contributed by atoms with Crippen LogP contribution >= 0.6 is 0 Å². The van der Waals surface area contributed by atoms with Gasteiger partial charge >= 0.3 is 0 Å². The van der Waals surface area contributed by atoms with E-state index in [1.54, 1.807) is 0 Å². The number of hydrogen-bond acceptors (Lipinski definition) is 2. The molecule has 0 aromatic carbocycles. The van der Waals surface area contributed by atoms with E-state index in [-0.39, 0.29) is 18.0 Å². The molecule has 2 rings (SSSR count). The number of nitrogens with two attached hydrogens (primary N) is 1. The Morgan fingerprint density at radius 1 is 1.00 bits per heavy atom. The topological polar surface area (TPSA) is 46.3 Å². The third kappa shape index (κ3) is 4.00. The van der Waals surface area contributed by atoms with Crippen molar-refractivity contribution in [3.05, 3.63) is 0 Å². The molecule has 2 unspecified atom stereocenters. The van der Waals surface area contributed by atoms with E-state index >= 15 is 0 Å². The molecule has 0 saturated heterocycles. The van der Waals surface area contributed by atoms with Crippen molar-refractivity contribution in [1.29, 1.82) is 0 Å². The zero-order valence-corrected chi connectivity index (χ0v) is 14.4. The summed E-state index contributed by atoms with van der Waals surface area (Å²) in [5.74, 6) is 1.36. The van der Waals surface area contributed by atoms with Gasteiger partial charge in [-0.3, -0.25) is 4.79 Å². The zero-order valence-electron chi connectivity index (χ0n) is 14.4. The SMILES string of the molecule is CN(C(=O)C1CCC(C(C)(C)C)CC1)C1CCCCC1N.